The Balaban J connectivity index is 1.81. The number of hydrogen-bond donors (Lipinski definition) is 2. The van der Waals surface area contributed by atoms with Crippen molar-refractivity contribution in [3.63, 3.8) is 0 Å². The number of anilines is 1. The Morgan fingerprint density at radius 1 is 1.13 bits per heavy atom. The Morgan fingerprint density at radius 3 is 2.87 bits per heavy atom. The molecule has 0 amide bonds. The molecule has 1 aliphatic carbocycles. The summed E-state index contributed by atoms with van der Waals surface area (Å²) in [4.78, 5) is 0. The number of fused-ring (bicyclic) bond motifs is 2. The zero-order chi connectivity index (χ0) is 15.8. The molecule has 0 aliphatic heterocycles. The average Bonchev–Trinajstić information content (AvgIpc) is 3.00. The van der Waals surface area contributed by atoms with Gasteiger partial charge in [-0.1, -0.05) is 30.3 Å². The van der Waals surface area contributed by atoms with Crippen LogP contribution in [0.25, 0.3) is 10.9 Å². The molecule has 0 radical (unpaired) electrons. The van der Waals surface area contributed by atoms with Crippen LogP contribution in [-0.4, -0.2) is 15.3 Å². The molecule has 1 aliphatic rings. The van der Waals surface area contributed by atoms with E-state index in [1.54, 1.807) is 6.07 Å². The van der Waals surface area contributed by atoms with Crippen molar-refractivity contribution in [2.75, 3.05) is 5.32 Å². The molecule has 1 heterocycles. The summed E-state index contributed by atoms with van der Waals surface area (Å²) >= 11 is 0. The van der Waals surface area contributed by atoms with Crippen molar-refractivity contribution >= 4 is 16.6 Å². The van der Waals surface area contributed by atoms with Crippen LogP contribution in [0.15, 0.2) is 42.5 Å². The van der Waals surface area contributed by atoms with E-state index in [4.69, 9.17) is 0 Å². The Bertz CT molecular complexity index is 945. The van der Waals surface area contributed by atoms with Crippen LogP contribution >= 0.6 is 0 Å². The van der Waals surface area contributed by atoms with Crippen LogP contribution in [0.5, 0.6) is 5.75 Å². The van der Waals surface area contributed by atoms with Crippen molar-refractivity contribution in [3.8, 4) is 11.8 Å². The molecule has 2 N–H and O–H groups in total. The molecule has 0 spiro atoms. The fourth-order valence-electron chi connectivity index (χ4n) is 3.24. The topological polar surface area (TPSA) is 81.8 Å². The molecule has 0 bridgehead atoms. The van der Waals surface area contributed by atoms with Crippen LogP contribution in [0.3, 0.4) is 0 Å². The SMILES string of the molecule is N#Cc1nnc2ccccc2c1N[C@H]1CCc2c(O)cccc21. The summed E-state index contributed by atoms with van der Waals surface area (Å²) < 4.78 is 0. The average molecular weight is 302 g/mol. The lowest BCUT2D eigenvalue weighted by molar-refractivity contribution is 0.469. The maximum atomic E-state index is 9.99. The molecule has 2 aromatic carbocycles. The molecule has 4 rings (SSSR count). The van der Waals surface area contributed by atoms with Gasteiger partial charge in [-0.3, -0.25) is 0 Å². The van der Waals surface area contributed by atoms with E-state index in [2.05, 4.69) is 21.6 Å². The molecular formula is C18H14N4O. The summed E-state index contributed by atoms with van der Waals surface area (Å²) in [5.74, 6) is 0.338. The van der Waals surface area contributed by atoms with E-state index >= 15 is 0 Å². The van der Waals surface area contributed by atoms with Gasteiger partial charge >= 0.3 is 0 Å². The number of nitrogens with zero attached hydrogens (tertiary/aromatic N) is 3. The second kappa shape index (κ2) is 5.25. The van der Waals surface area contributed by atoms with Crippen LogP contribution < -0.4 is 5.32 Å². The fraction of sp³-hybridized carbons (Fsp3) is 0.167. The van der Waals surface area contributed by atoms with Gasteiger partial charge in [0.2, 0.25) is 0 Å². The van der Waals surface area contributed by atoms with Crippen molar-refractivity contribution in [2.45, 2.75) is 18.9 Å². The van der Waals surface area contributed by atoms with E-state index in [1.165, 1.54) is 0 Å². The minimum atomic E-state index is 0.0526. The van der Waals surface area contributed by atoms with Gasteiger partial charge < -0.3 is 10.4 Å². The molecule has 112 valence electrons. The predicted octanol–water partition coefficient (Wildman–Crippen LogP) is 3.31. The van der Waals surface area contributed by atoms with Crippen molar-refractivity contribution in [3.05, 3.63) is 59.3 Å². The maximum absolute atomic E-state index is 9.99. The third-order valence-corrected chi connectivity index (χ3v) is 4.34. The number of phenolic OH excluding ortho intramolecular Hbond substituents is 1. The highest BCUT2D eigenvalue weighted by Crippen LogP contribution is 2.39. The van der Waals surface area contributed by atoms with Gasteiger partial charge in [0.05, 0.1) is 17.2 Å². The van der Waals surface area contributed by atoms with E-state index < -0.39 is 0 Å². The molecule has 5 nitrogen and oxygen atoms in total. The summed E-state index contributed by atoms with van der Waals surface area (Å²) in [6.07, 6.45) is 1.69. The molecular weight excluding hydrogens is 288 g/mol. The zero-order valence-corrected chi connectivity index (χ0v) is 12.3. The number of aromatic nitrogens is 2. The smallest absolute Gasteiger partial charge is 0.186 e. The van der Waals surface area contributed by atoms with Gasteiger partial charge in [-0.15, -0.1) is 10.2 Å². The third kappa shape index (κ3) is 2.16. The molecule has 0 fully saturated rings. The van der Waals surface area contributed by atoms with Crippen molar-refractivity contribution in [2.24, 2.45) is 0 Å². The molecule has 0 unspecified atom stereocenters. The second-order valence-electron chi connectivity index (χ2n) is 5.63. The molecule has 3 aromatic rings. The van der Waals surface area contributed by atoms with Crippen molar-refractivity contribution in [1.29, 1.82) is 5.26 Å². The van der Waals surface area contributed by atoms with Crippen molar-refractivity contribution < 1.29 is 5.11 Å². The minimum absolute atomic E-state index is 0.0526. The number of hydrogen-bond acceptors (Lipinski definition) is 5. The first-order valence-electron chi connectivity index (χ1n) is 7.50. The highest BCUT2D eigenvalue weighted by molar-refractivity contribution is 5.93. The van der Waals surface area contributed by atoms with Gasteiger partial charge in [-0.05, 0) is 36.1 Å². The number of phenols is 1. The summed E-state index contributed by atoms with van der Waals surface area (Å²) in [5, 5.41) is 31.8. The minimum Gasteiger partial charge on any atom is -0.508 e. The first kappa shape index (κ1) is 13.5. The van der Waals surface area contributed by atoms with Gasteiger partial charge in [-0.25, -0.2) is 0 Å². The molecule has 1 atom stereocenters. The molecule has 1 aromatic heterocycles. The standard InChI is InChI=1S/C18H14N4O/c19-10-16-18(13-4-1-2-6-15(13)21-22-16)20-14-9-8-12-11(14)5-3-7-17(12)23/h1-7,14,23H,8-9H2,(H,20,21)/t14-/m0/s1. The molecule has 0 saturated carbocycles. The third-order valence-electron chi connectivity index (χ3n) is 4.34. The molecule has 0 saturated heterocycles. The first-order chi connectivity index (χ1) is 11.3. The number of aromatic hydroxyl groups is 1. The summed E-state index contributed by atoms with van der Waals surface area (Å²) in [7, 11) is 0. The van der Waals surface area contributed by atoms with Crippen LogP contribution in [0, 0.1) is 11.3 Å². The largest absolute Gasteiger partial charge is 0.508 e. The van der Waals surface area contributed by atoms with E-state index in [0.717, 1.165) is 34.9 Å². The number of nitriles is 1. The second-order valence-corrected chi connectivity index (χ2v) is 5.63. The van der Waals surface area contributed by atoms with E-state index in [0.29, 0.717) is 11.4 Å². The predicted molar refractivity (Wildman–Crippen MR) is 87.0 cm³/mol. The normalized spacial score (nSPS) is 16.0. The highest BCUT2D eigenvalue weighted by Gasteiger charge is 2.26. The summed E-state index contributed by atoms with van der Waals surface area (Å²) in [5.41, 5.74) is 3.81. The molecule has 23 heavy (non-hydrogen) atoms. The Hall–Kier alpha value is -3.13. The van der Waals surface area contributed by atoms with Crippen molar-refractivity contribution in [1.82, 2.24) is 10.2 Å². The van der Waals surface area contributed by atoms with Crippen LogP contribution in [0.2, 0.25) is 0 Å². The zero-order valence-electron chi connectivity index (χ0n) is 12.3. The number of nitrogens with one attached hydrogen (secondary N) is 1. The quantitative estimate of drug-likeness (QED) is 0.759. The lowest BCUT2D eigenvalue weighted by Gasteiger charge is -2.17. The Morgan fingerprint density at radius 2 is 2.00 bits per heavy atom. The van der Waals surface area contributed by atoms with Crippen LogP contribution in [0.4, 0.5) is 5.69 Å². The maximum Gasteiger partial charge on any atom is 0.186 e. The number of benzene rings is 2. The van der Waals surface area contributed by atoms with Crippen LogP contribution in [0.1, 0.15) is 29.3 Å². The molecule has 5 heteroatoms. The van der Waals surface area contributed by atoms with Gasteiger partial charge in [0.1, 0.15) is 11.8 Å². The first-order valence-corrected chi connectivity index (χ1v) is 7.50. The van der Waals surface area contributed by atoms with Gasteiger partial charge in [-0.2, -0.15) is 5.26 Å². The lowest BCUT2D eigenvalue weighted by Crippen LogP contribution is -2.10. The fourth-order valence-corrected chi connectivity index (χ4v) is 3.24. The Kier molecular flexibility index (Phi) is 3.09. The summed E-state index contributed by atoms with van der Waals surface area (Å²) in [6, 6.07) is 15.4. The van der Waals surface area contributed by atoms with E-state index in [-0.39, 0.29) is 11.7 Å². The van der Waals surface area contributed by atoms with Gasteiger partial charge in [0.25, 0.3) is 0 Å². The monoisotopic (exact) mass is 302 g/mol. The highest BCUT2D eigenvalue weighted by atomic mass is 16.3. The van der Waals surface area contributed by atoms with Crippen LogP contribution in [-0.2, 0) is 6.42 Å². The lowest BCUT2D eigenvalue weighted by atomic mass is 10.1. The van der Waals surface area contributed by atoms with Gasteiger partial charge in [0, 0.05) is 5.39 Å². The summed E-state index contributed by atoms with van der Waals surface area (Å²) in [6.45, 7) is 0. The van der Waals surface area contributed by atoms with E-state index in [9.17, 15) is 10.4 Å². The Labute approximate surface area is 133 Å². The van der Waals surface area contributed by atoms with E-state index in [1.807, 2.05) is 36.4 Å². The number of rotatable bonds is 2. The van der Waals surface area contributed by atoms with Gasteiger partial charge in [0.15, 0.2) is 5.69 Å².